The number of hydrogen-bond donors (Lipinski definition) is 2. The number of amides is 2. The van der Waals surface area contributed by atoms with Crippen molar-refractivity contribution >= 4 is 40.6 Å². The number of fused-ring (bicyclic) bond motifs is 1. The van der Waals surface area contributed by atoms with Crippen LogP contribution in [0.3, 0.4) is 0 Å². The first-order valence-corrected chi connectivity index (χ1v) is 8.45. The minimum atomic E-state index is -1.67. The molecule has 2 aromatic rings. The average molecular weight is 383 g/mol. The number of halogens is 1. The van der Waals surface area contributed by atoms with Crippen LogP contribution >= 0.6 is 11.6 Å². The van der Waals surface area contributed by atoms with Gasteiger partial charge >= 0.3 is 12.2 Å². The van der Waals surface area contributed by atoms with Crippen LogP contribution in [0.25, 0.3) is 11.0 Å². The molecule has 0 atom stereocenters. The predicted octanol–water partition coefficient (Wildman–Crippen LogP) is 5.55. The molecular formula is C18H23ClN2O5. The molecule has 0 aliphatic heterocycles. The van der Waals surface area contributed by atoms with Gasteiger partial charge in [-0.3, -0.25) is 0 Å². The molecule has 0 saturated heterocycles. The second-order valence-electron chi connectivity index (χ2n) is 8.26. The molecule has 26 heavy (non-hydrogen) atoms. The fourth-order valence-electron chi connectivity index (χ4n) is 2.96. The lowest BCUT2D eigenvalue weighted by Gasteiger charge is -2.31. The van der Waals surface area contributed by atoms with Crippen molar-refractivity contribution in [3.05, 3.63) is 22.0 Å². The maximum atomic E-state index is 11.6. The van der Waals surface area contributed by atoms with Crippen molar-refractivity contribution < 1.29 is 24.2 Å². The molecule has 0 unspecified atom stereocenters. The van der Waals surface area contributed by atoms with Gasteiger partial charge in [0, 0.05) is 16.4 Å². The smallest absolute Gasteiger partial charge is 0.422 e. The van der Waals surface area contributed by atoms with Gasteiger partial charge in [0.1, 0.15) is 0 Å². The van der Waals surface area contributed by atoms with Gasteiger partial charge in [-0.2, -0.15) is 4.90 Å². The maximum absolute atomic E-state index is 11.6. The summed E-state index contributed by atoms with van der Waals surface area (Å²) in [7, 11) is 0. The maximum Gasteiger partial charge on any atom is 0.422 e. The summed E-state index contributed by atoms with van der Waals surface area (Å²) in [5.74, 6) is -0.298. The Balaban J connectivity index is 3.14. The lowest BCUT2D eigenvalue weighted by molar-refractivity contribution is 0.184. The van der Waals surface area contributed by atoms with E-state index in [1.807, 2.05) is 41.5 Å². The van der Waals surface area contributed by atoms with Crippen molar-refractivity contribution in [2.45, 2.75) is 59.3 Å². The Labute approximate surface area is 156 Å². The van der Waals surface area contributed by atoms with Gasteiger partial charge in [-0.05, 0) is 29.5 Å². The quantitative estimate of drug-likeness (QED) is 0.670. The summed E-state index contributed by atoms with van der Waals surface area (Å²) in [5.41, 5.74) is 1.30. The van der Waals surface area contributed by atoms with Crippen LogP contribution in [0, 0.1) is 6.92 Å². The zero-order valence-electron chi connectivity index (χ0n) is 15.9. The van der Waals surface area contributed by atoms with Gasteiger partial charge in [0.2, 0.25) is 0 Å². The summed E-state index contributed by atoms with van der Waals surface area (Å²) in [5, 5.41) is 19.5. The van der Waals surface area contributed by atoms with Crippen LogP contribution in [-0.4, -0.2) is 27.4 Å². The topological polar surface area (TPSA) is 104 Å². The van der Waals surface area contributed by atoms with E-state index in [1.54, 1.807) is 6.92 Å². The number of nitrogens with zero attached hydrogens (tertiary/aromatic N) is 2. The molecule has 2 amide bonds. The van der Waals surface area contributed by atoms with Gasteiger partial charge in [0.15, 0.2) is 16.6 Å². The molecule has 142 valence electrons. The minimum absolute atomic E-state index is 0.0511. The highest BCUT2D eigenvalue weighted by Crippen LogP contribution is 2.45. The summed E-state index contributed by atoms with van der Waals surface area (Å²) in [4.78, 5) is 27.7. The summed E-state index contributed by atoms with van der Waals surface area (Å²) in [6.45, 7) is 13.6. The van der Waals surface area contributed by atoms with Crippen molar-refractivity contribution in [1.82, 2.24) is 4.98 Å². The molecule has 2 heterocycles. The second kappa shape index (κ2) is 6.16. The van der Waals surface area contributed by atoms with Crippen LogP contribution in [0.15, 0.2) is 4.42 Å². The molecule has 7 nitrogen and oxygen atoms in total. The third-order valence-corrected chi connectivity index (χ3v) is 4.41. The molecule has 2 rings (SSSR count). The molecule has 0 spiro atoms. The van der Waals surface area contributed by atoms with E-state index >= 15 is 0 Å². The number of furan rings is 1. The minimum Gasteiger partial charge on any atom is -0.464 e. The van der Waals surface area contributed by atoms with E-state index in [-0.39, 0.29) is 26.9 Å². The Morgan fingerprint density at radius 2 is 1.54 bits per heavy atom. The van der Waals surface area contributed by atoms with E-state index < -0.39 is 17.6 Å². The largest absolute Gasteiger partial charge is 0.464 e. The van der Waals surface area contributed by atoms with Crippen LogP contribution in [0.2, 0.25) is 5.22 Å². The SMILES string of the molecule is Cc1c(Cl)oc2c(N(C(=O)O)C(=O)O)nc(C(C)(C)C)c(C(C)(C)C)c12. The van der Waals surface area contributed by atoms with Crippen molar-refractivity contribution in [2.24, 2.45) is 0 Å². The number of hydrogen-bond acceptors (Lipinski definition) is 4. The van der Waals surface area contributed by atoms with E-state index in [2.05, 4.69) is 4.98 Å². The zero-order valence-corrected chi connectivity index (χ0v) is 16.6. The second-order valence-corrected chi connectivity index (χ2v) is 8.61. The summed E-state index contributed by atoms with van der Waals surface area (Å²) in [6, 6.07) is 0. The van der Waals surface area contributed by atoms with E-state index in [9.17, 15) is 19.8 Å². The van der Waals surface area contributed by atoms with Crippen LogP contribution in [0.5, 0.6) is 0 Å². The number of aryl methyl sites for hydroxylation is 1. The molecule has 0 aromatic carbocycles. The van der Waals surface area contributed by atoms with Crippen LogP contribution in [0.1, 0.15) is 58.4 Å². The number of carboxylic acid groups (broad SMARTS) is 2. The number of carbonyl (C=O) groups is 2. The molecule has 0 aliphatic rings. The van der Waals surface area contributed by atoms with E-state index in [1.165, 1.54) is 0 Å². The van der Waals surface area contributed by atoms with Gasteiger partial charge in [-0.25, -0.2) is 14.6 Å². The van der Waals surface area contributed by atoms with Gasteiger partial charge in [0.05, 0.1) is 5.69 Å². The lowest BCUT2D eigenvalue weighted by Crippen LogP contribution is -2.36. The van der Waals surface area contributed by atoms with Gasteiger partial charge in [-0.1, -0.05) is 41.5 Å². The Kier molecular flexibility index (Phi) is 4.75. The average Bonchev–Trinajstić information content (AvgIpc) is 2.72. The predicted molar refractivity (Wildman–Crippen MR) is 99.7 cm³/mol. The number of anilines is 1. The number of rotatable bonds is 1. The van der Waals surface area contributed by atoms with Crippen molar-refractivity contribution in [3.8, 4) is 0 Å². The Bertz CT molecular complexity index is 889. The first-order chi connectivity index (χ1) is 11.7. The fraction of sp³-hybridized carbons (Fsp3) is 0.500. The monoisotopic (exact) mass is 382 g/mol. The van der Waals surface area contributed by atoms with E-state index in [0.29, 0.717) is 16.6 Å². The normalized spacial score (nSPS) is 12.5. The lowest BCUT2D eigenvalue weighted by atomic mass is 9.76. The van der Waals surface area contributed by atoms with Gasteiger partial charge in [-0.15, -0.1) is 0 Å². The standard InChI is InChI=1S/C18H23ClN2O5/c1-8-9-10(17(2,3)4)12(18(5,6)7)20-14(11(9)26-13(8)19)21(15(22)23)16(24)25/h1-7H3,(H,22,23)(H,24,25). The highest BCUT2D eigenvalue weighted by Gasteiger charge is 2.36. The first kappa shape index (κ1) is 20.0. The fourth-order valence-corrected chi connectivity index (χ4v) is 3.13. The number of aromatic nitrogens is 1. The van der Waals surface area contributed by atoms with Crippen LogP contribution in [-0.2, 0) is 10.8 Å². The Morgan fingerprint density at radius 3 is 1.92 bits per heavy atom. The molecular weight excluding hydrogens is 360 g/mol. The molecule has 0 radical (unpaired) electrons. The van der Waals surface area contributed by atoms with Crippen molar-refractivity contribution in [2.75, 3.05) is 4.90 Å². The van der Waals surface area contributed by atoms with Gasteiger partial charge < -0.3 is 14.6 Å². The van der Waals surface area contributed by atoms with Crippen LogP contribution < -0.4 is 4.90 Å². The highest BCUT2D eigenvalue weighted by atomic mass is 35.5. The summed E-state index contributed by atoms with van der Waals surface area (Å²) >= 11 is 6.17. The molecule has 0 aliphatic carbocycles. The molecule has 0 bridgehead atoms. The van der Waals surface area contributed by atoms with E-state index in [4.69, 9.17) is 16.0 Å². The van der Waals surface area contributed by atoms with Crippen molar-refractivity contribution in [3.63, 3.8) is 0 Å². The van der Waals surface area contributed by atoms with Crippen molar-refractivity contribution in [1.29, 1.82) is 0 Å². The first-order valence-electron chi connectivity index (χ1n) is 8.07. The Hall–Kier alpha value is -2.28. The van der Waals surface area contributed by atoms with Gasteiger partial charge in [0.25, 0.3) is 0 Å². The summed E-state index contributed by atoms with van der Waals surface area (Å²) < 4.78 is 5.55. The summed E-state index contributed by atoms with van der Waals surface area (Å²) in [6.07, 6.45) is -3.33. The molecule has 0 saturated carbocycles. The Morgan fingerprint density at radius 1 is 1.04 bits per heavy atom. The molecule has 8 heteroatoms. The number of imide groups is 1. The number of pyridine rings is 1. The molecule has 2 aromatic heterocycles. The highest BCUT2D eigenvalue weighted by molar-refractivity contribution is 6.31. The molecule has 0 fully saturated rings. The molecule has 2 N–H and O–H groups in total. The third-order valence-electron chi connectivity index (χ3n) is 4.05. The van der Waals surface area contributed by atoms with Crippen LogP contribution in [0.4, 0.5) is 15.4 Å². The van der Waals surface area contributed by atoms with E-state index in [0.717, 1.165) is 5.56 Å². The zero-order chi connectivity index (χ0) is 20.2. The third kappa shape index (κ3) is 3.23.